The predicted molar refractivity (Wildman–Crippen MR) is 128 cm³/mol. The molecular formula is C25H26ClN3O2. The van der Waals surface area contributed by atoms with Crippen molar-refractivity contribution in [2.45, 2.75) is 39.7 Å². The van der Waals surface area contributed by atoms with E-state index in [9.17, 15) is 9.59 Å². The zero-order valence-corrected chi connectivity index (χ0v) is 19.0. The number of benzene rings is 2. The molecule has 3 aromatic rings. The maximum atomic E-state index is 13.6. The van der Waals surface area contributed by atoms with Crippen molar-refractivity contribution >= 4 is 34.5 Å². The first kappa shape index (κ1) is 22.5. The summed E-state index contributed by atoms with van der Waals surface area (Å²) < 4.78 is 1.62. The summed E-state index contributed by atoms with van der Waals surface area (Å²) in [6.45, 7) is 15.3. The number of hydrogen-bond donors (Lipinski definition) is 1. The molecule has 3 rings (SSSR count). The lowest BCUT2D eigenvalue weighted by molar-refractivity contribution is -0.119. The lowest BCUT2D eigenvalue weighted by atomic mass is 9.93. The second-order valence-corrected chi connectivity index (χ2v) is 8.33. The molecule has 0 bridgehead atoms. The van der Waals surface area contributed by atoms with Gasteiger partial charge in [-0.2, -0.15) is 0 Å². The van der Waals surface area contributed by atoms with Crippen molar-refractivity contribution in [3.05, 3.63) is 87.5 Å². The van der Waals surface area contributed by atoms with Gasteiger partial charge in [-0.05, 0) is 42.8 Å². The first-order chi connectivity index (χ1) is 14.6. The van der Waals surface area contributed by atoms with Gasteiger partial charge in [0.05, 0.1) is 22.6 Å². The number of halogens is 1. The molecule has 0 fully saturated rings. The molecular weight excluding hydrogens is 410 g/mol. The fraction of sp³-hybridized carbons (Fsp3) is 0.240. The van der Waals surface area contributed by atoms with Crippen molar-refractivity contribution in [2.24, 2.45) is 0 Å². The summed E-state index contributed by atoms with van der Waals surface area (Å²) in [5.74, 6) is 0.449. The van der Waals surface area contributed by atoms with E-state index in [4.69, 9.17) is 16.6 Å². The first-order valence-corrected chi connectivity index (χ1v) is 10.4. The van der Waals surface area contributed by atoms with E-state index in [0.29, 0.717) is 33.0 Å². The molecule has 160 valence electrons. The molecule has 0 radical (unpaired) electrons. The van der Waals surface area contributed by atoms with Gasteiger partial charge >= 0.3 is 0 Å². The summed E-state index contributed by atoms with van der Waals surface area (Å²) >= 11 is 6.03. The Balaban J connectivity index is 2.38. The minimum atomic E-state index is -0.405. The Kier molecular flexibility index (Phi) is 6.46. The highest BCUT2D eigenvalue weighted by atomic mass is 35.5. The molecule has 0 saturated carbocycles. The van der Waals surface area contributed by atoms with E-state index in [1.54, 1.807) is 41.0 Å². The standard InChI is InChI=1S/C25H26ClN3O2/c1-7-19-20(22(14(2)3)27-16(6)30)12-13-21-23(19)28-24(15(4)5)29(25(21)31)18-10-8-17(26)9-11-18/h7-13,15,22H,1-2H2,3-6H3,(H,27,30). The molecule has 0 aliphatic carbocycles. The van der Waals surface area contributed by atoms with Crippen LogP contribution in [0.2, 0.25) is 5.02 Å². The summed E-state index contributed by atoms with van der Waals surface area (Å²) in [6, 6.07) is 10.3. The summed E-state index contributed by atoms with van der Waals surface area (Å²) in [4.78, 5) is 30.2. The van der Waals surface area contributed by atoms with Crippen LogP contribution in [-0.2, 0) is 4.79 Å². The van der Waals surface area contributed by atoms with Crippen molar-refractivity contribution in [1.29, 1.82) is 0 Å². The Morgan fingerprint density at radius 3 is 2.32 bits per heavy atom. The van der Waals surface area contributed by atoms with Crippen molar-refractivity contribution in [2.75, 3.05) is 0 Å². The molecule has 0 aliphatic rings. The predicted octanol–water partition coefficient (Wildman–Crippen LogP) is 5.56. The van der Waals surface area contributed by atoms with E-state index >= 15 is 0 Å². The van der Waals surface area contributed by atoms with E-state index in [2.05, 4.69) is 18.5 Å². The zero-order valence-electron chi connectivity index (χ0n) is 18.2. The fourth-order valence-electron chi connectivity index (χ4n) is 3.67. The summed E-state index contributed by atoms with van der Waals surface area (Å²) in [6.07, 6.45) is 1.68. The van der Waals surface area contributed by atoms with E-state index < -0.39 is 6.04 Å². The minimum absolute atomic E-state index is 0.0126. The molecule has 1 amide bonds. The molecule has 5 nitrogen and oxygen atoms in total. The average Bonchev–Trinajstić information content (AvgIpc) is 2.71. The number of rotatable bonds is 6. The number of hydrogen-bond acceptors (Lipinski definition) is 3. The van der Waals surface area contributed by atoms with Gasteiger partial charge in [0.15, 0.2) is 0 Å². The Morgan fingerprint density at radius 2 is 1.81 bits per heavy atom. The first-order valence-electron chi connectivity index (χ1n) is 10.1. The summed E-state index contributed by atoms with van der Waals surface area (Å²) in [5.41, 5.74) is 3.38. The maximum Gasteiger partial charge on any atom is 0.265 e. The number of nitrogens with one attached hydrogen (secondary N) is 1. The van der Waals surface area contributed by atoms with Crippen LogP contribution in [0.3, 0.4) is 0 Å². The molecule has 0 saturated heterocycles. The Hall–Kier alpha value is -3.18. The summed E-state index contributed by atoms with van der Waals surface area (Å²) in [7, 11) is 0. The number of carbonyl (C=O) groups excluding carboxylic acids is 1. The lowest BCUT2D eigenvalue weighted by Gasteiger charge is -2.23. The van der Waals surface area contributed by atoms with Crippen LogP contribution in [0.4, 0.5) is 0 Å². The molecule has 6 heteroatoms. The molecule has 1 heterocycles. The van der Waals surface area contributed by atoms with Crippen LogP contribution in [0, 0.1) is 0 Å². The zero-order chi connectivity index (χ0) is 22.9. The monoisotopic (exact) mass is 435 g/mol. The maximum absolute atomic E-state index is 13.6. The third kappa shape index (κ3) is 4.32. The normalized spacial score (nSPS) is 12.1. The van der Waals surface area contributed by atoms with Gasteiger partial charge in [0, 0.05) is 23.4 Å². The fourth-order valence-corrected chi connectivity index (χ4v) is 3.79. The largest absolute Gasteiger partial charge is 0.346 e. The molecule has 2 aromatic carbocycles. The van der Waals surface area contributed by atoms with Crippen LogP contribution in [0.25, 0.3) is 22.7 Å². The van der Waals surface area contributed by atoms with Crippen molar-refractivity contribution in [3.63, 3.8) is 0 Å². The Morgan fingerprint density at radius 1 is 1.16 bits per heavy atom. The third-order valence-electron chi connectivity index (χ3n) is 5.10. The molecule has 1 N–H and O–H groups in total. The highest BCUT2D eigenvalue weighted by Gasteiger charge is 2.22. The van der Waals surface area contributed by atoms with Crippen LogP contribution in [0.1, 0.15) is 56.6 Å². The number of amides is 1. The van der Waals surface area contributed by atoms with Crippen LogP contribution < -0.4 is 10.9 Å². The molecule has 1 atom stereocenters. The van der Waals surface area contributed by atoms with Gasteiger partial charge in [0.25, 0.3) is 5.56 Å². The Labute approximate surface area is 187 Å². The molecule has 0 aliphatic heterocycles. The van der Waals surface area contributed by atoms with E-state index in [1.807, 2.05) is 26.8 Å². The van der Waals surface area contributed by atoms with Gasteiger partial charge in [-0.15, -0.1) is 0 Å². The van der Waals surface area contributed by atoms with E-state index in [1.165, 1.54) is 6.92 Å². The van der Waals surface area contributed by atoms with Crippen molar-refractivity contribution in [1.82, 2.24) is 14.9 Å². The van der Waals surface area contributed by atoms with Gasteiger partial charge in [0.2, 0.25) is 5.91 Å². The average molecular weight is 436 g/mol. The SMILES string of the molecule is C=Cc1c(C(NC(C)=O)C(=C)C)ccc2c(=O)n(-c3ccc(Cl)cc3)c(C(C)C)nc12. The van der Waals surface area contributed by atoms with Crippen LogP contribution in [0.5, 0.6) is 0 Å². The van der Waals surface area contributed by atoms with Gasteiger partial charge in [-0.1, -0.05) is 56.3 Å². The van der Waals surface area contributed by atoms with E-state index in [0.717, 1.165) is 11.1 Å². The minimum Gasteiger partial charge on any atom is -0.346 e. The van der Waals surface area contributed by atoms with Gasteiger partial charge < -0.3 is 5.32 Å². The van der Waals surface area contributed by atoms with Crippen molar-refractivity contribution < 1.29 is 4.79 Å². The second-order valence-electron chi connectivity index (χ2n) is 7.89. The van der Waals surface area contributed by atoms with Crippen LogP contribution in [0.15, 0.2) is 59.9 Å². The van der Waals surface area contributed by atoms with E-state index in [-0.39, 0.29) is 17.4 Å². The van der Waals surface area contributed by atoms with Gasteiger partial charge in [-0.25, -0.2) is 4.98 Å². The lowest BCUT2D eigenvalue weighted by Crippen LogP contribution is -2.28. The molecule has 0 spiro atoms. The number of aromatic nitrogens is 2. The van der Waals surface area contributed by atoms with Gasteiger partial charge in [0.1, 0.15) is 5.82 Å². The molecule has 31 heavy (non-hydrogen) atoms. The van der Waals surface area contributed by atoms with Crippen molar-refractivity contribution in [3.8, 4) is 5.69 Å². The highest BCUT2D eigenvalue weighted by molar-refractivity contribution is 6.30. The summed E-state index contributed by atoms with van der Waals surface area (Å²) in [5, 5.41) is 3.99. The third-order valence-corrected chi connectivity index (χ3v) is 5.35. The number of fused-ring (bicyclic) bond motifs is 1. The number of nitrogens with zero attached hydrogens (tertiary/aromatic N) is 2. The second kappa shape index (κ2) is 8.90. The quantitative estimate of drug-likeness (QED) is 0.515. The topological polar surface area (TPSA) is 64.0 Å². The highest BCUT2D eigenvalue weighted by Crippen LogP contribution is 2.30. The Bertz CT molecular complexity index is 1240. The molecule has 1 unspecified atom stereocenters. The smallest absolute Gasteiger partial charge is 0.265 e. The number of carbonyl (C=O) groups is 1. The van der Waals surface area contributed by atoms with Gasteiger partial charge in [-0.3, -0.25) is 14.2 Å². The van der Waals surface area contributed by atoms with Crippen LogP contribution in [-0.4, -0.2) is 15.5 Å². The molecule has 1 aromatic heterocycles. The van der Waals surface area contributed by atoms with Crippen LogP contribution >= 0.6 is 11.6 Å².